The summed E-state index contributed by atoms with van der Waals surface area (Å²) in [5.41, 5.74) is 2.71. The third kappa shape index (κ3) is 5.73. The molecule has 5 nitrogen and oxygen atoms in total. The van der Waals surface area contributed by atoms with Crippen LogP contribution in [0.15, 0.2) is 48.5 Å². The molecule has 1 fully saturated rings. The second-order valence-electron chi connectivity index (χ2n) is 7.31. The predicted octanol–water partition coefficient (Wildman–Crippen LogP) is 4.19. The van der Waals surface area contributed by atoms with Crippen molar-refractivity contribution in [3.8, 4) is 0 Å². The van der Waals surface area contributed by atoms with Crippen molar-refractivity contribution in [2.45, 2.75) is 51.2 Å². The number of aryl methyl sites for hydroxylation is 1. The zero-order valence-corrected chi connectivity index (χ0v) is 16.8. The molecule has 0 aliphatic heterocycles. The van der Waals surface area contributed by atoms with Crippen molar-refractivity contribution in [2.24, 2.45) is 0 Å². The molecule has 3 N–H and O–H groups in total. The van der Waals surface area contributed by atoms with Crippen molar-refractivity contribution in [1.29, 1.82) is 0 Å². The summed E-state index contributed by atoms with van der Waals surface area (Å²) in [7, 11) is 0. The Hall–Kier alpha value is -2.53. The third-order valence-electron chi connectivity index (χ3n) is 5.11. The van der Waals surface area contributed by atoms with Crippen LogP contribution < -0.4 is 16.0 Å². The molecule has 0 heterocycles. The van der Waals surface area contributed by atoms with Crippen molar-refractivity contribution >= 4 is 23.5 Å². The number of halogens is 1. The van der Waals surface area contributed by atoms with Gasteiger partial charge in [0.2, 0.25) is 0 Å². The van der Waals surface area contributed by atoms with Crippen LogP contribution in [0.2, 0.25) is 5.02 Å². The molecule has 28 heavy (non-hydrogen) atoms. The van der Waals surface area contributed by atoms with Crippen molar-refractivity contribution < 1.29 is 9.59 Å². The Balaban J connectivity index is 1.39. The minimum Gasteiger partial charge on any atom is -0.349 e. The number of nitrogens with one attached hydrogen (secondary N) is 3. The van der Waals surface area contributed by atoms with Crippen molar-refractivity contribution in [1.82, 2.24) is 16.0 Å². The lowest BCUT2D eigenvalue weighted by Crippen LogP contribution is -2.46. The first-order valence-electron chi connectivity index (χ1n) is 9.66. The minimum absolute atomic E-state index is 0.0334. The maximum atomic E-state index is 12.3. The van der Waals surface area contributed by atoms with Gasteiger partial charge in [-0.3, -0.25) is 4.79 Å². The quantitative estimate of drug-likeness (QED) is 0.705. The summed E-state index contributed by atoms with van der Waals surface area (Å²) in [5.74, 6) is -0.0334. The lowest BCUT2D eigenvalue weighted by atomic mass is 9.91. The highest BCUT2D eigenvalue weighted by Gasteiger charge is 2.23. The van der Waals surface area contributed by atoms with Crippen molar-refractivity contribution in [2.75, 3.05) is 0 Å². The lowest BCUT2D eigenvalue weighted by Gasteiger charge is -2.29. The van der Waals surface area contributed by atoms with Gasteiger partial charge in [-0.05, 0) is 56.4 Å². The average Bonchev–Trinajstić information content (AvgIpc) is 2.69. The van der Waals surface area contributed by atoms with E-state index in [1.165, 1.54) is 0 Å². The second-order valence-corrected chi connectivity index (χ2v) is 7.71. The summed E-state index contributed by atoms with van der Waals surface area (Å²) in [6.07, 6.45) is 3.40. The summed E-state index contributed by atoms with van der Waals surface area (Å²) in [6, 6.07) is 15.1. The molecule has 0 saturated heterocycles. The van der Waals surface area contributed by atoms with Crippen LogP contribution >= 0.6 is 11.6 Å². The van der Waals surface area contributed by atoms with E-state index in [4.69, 9.17) is 11.6 Å². The van der Waals surface area contributed by atoms with Crippen LogP contribution in [-0.4, -0.2) is 24.0 Å². The van der Waals surface area contributed by atoms with E-state index in [9.17, 15) is 9.59 Å². The molecule has 6 heteroatoms. The molecule has 0 radical (unpaired) electrons. The van der Waals surface area contributed by atoms with Gasteiger partial charge in [0.25, 0.3) is 5.91 Å². The normalized spacial score (nSPS) is 18.9. The Morgan fingerprint density at radius 2 is 1.54 bits per heavy atom. The number of carbonyl (C=O) groups excluding carboxylic acids is 2. The Morgan fingerprint density at radius 3 is 2.18 bits per heavy atom. The molecule has 3 amide bonds. The molecule has 2 aromatic carbocycles. The van der Waals surface area contributed by atoms with E-state index in [0.29, 0.717) is 17.1 Å². The molecular weight excluding hydrogens is 374 g/mol. The Kier molecular flexibility index (Phi) is 6.93. The summed E-state index contributed by atoms with van der Waals surface area (Å²) < 4.78 is 0. The molecule has 0 bridgehead atoms. The van der Waals surface area contributed by atoms with E-state index in [-0.39, 0.29) is 24.0 Å². The second kappa shape index (κ2) is 9.60. The number of carbonyl (C=O) groups is 2. The molecule has 1 aliphatic carbocycles. The fourth-order valence-electron chi connectivity index (χ4n) is 3.41. The summed E-state index contributed by atoms with van der Waals surface area (Å²) in [4.78, 5) is 24.5. The molecule has 1 aliphatic rings. The zero-order chi connectivity index (χ0) is 19.9. The number of hydrogen-bond donors (Lipinski definition) is 3. The fraction of sp³-hybridized carbons (Fsp3) is 0.364. The maximum Gasteiger partial charge on any atom is 0.315 e. The van der Waals surface area contributed by atoms with E-state index in [1.807, 2.05) is 55.5 Å². The standard InChI is InChI=1S/C22H26ClN3O2/c1-15-6-8-16(9-7-15)21(27)25-18-10-12-19(13-11-18)26-22(28)24-14-17-4-2-3-5-20(17)23/h2-9,18-19H,10-14H2,1H3,(H,25,27)(H2,24,26,28). The summed E-state index contributed by atoms with van der Waals surface area (Å²) in [5, 5.41) is 9.61. The van der Waals surface area contributed by atoms with Crippen molar-refractivity contribution in [3.63, 3.8) is 0 Å². The van der Waals surface area contributed by atoms with E-state index >= 15 is 0 Å². The highest BCUT2D eigenvalue weighted by molar-refractivity contribution is 6.31. The molecule has 0 aromatic heterocycles. The first kappa shape index (κ1) is 20.2. The number of urea groups is 1. The van der Waals surface area contributed by atoms with Crippen LogP contribution in [0, 0.1) is 6.92 Å². The van der Waals surface area contributed by atoms with Gasteiger partial charge in [0.15, 0.2) is 0 Å². The van der Waals surface area contributed by atoms with Gasteiger partial charge in [0, 0.05) is 29.2 Å². The molecule has 148 valence electrons. The third-order valence-corrected chi connectivity index (χ3v) is 5.48. The molecule has 3 rings (SSSR count). The monoisotopic (exact) mass is 399 g/mol. The van der Waals surface area contributed by atoms with Crippen LogP contribution in [0.1, 0.15) is 47.2 Å². The molecular formula is C22H26ClN3O2. The number of amides is 3. The summed E-state index contributed by atoms with van der Waals surface area (Å²) in [6.45, 7) is 2.40. The smallest absolute Gasteiger partial charge is 0.315 e. The van der Waals surface area contributed by atoms with Crippen LogP contribution in [-0.2, 0) is 6.54 Å². The molecule has 2 aromatic rings. The Bertz CT molecular complexity index is 815. The van der Waals surface area contributed by atoms with Gasteiger partial charge >= 0.3 is 6.03 Å². The Morgan fingerprint density at radius 1 is 0.929 bits per heavy atom. The van der Waals surface area contributed by atoms with Crippen LogP contribution in [0.5, 0.6) is 0 Å². The SMILES string of the molecule is Cc1ccc(C(=O)NC2CCC(NC(=O)NCc3ccccc3Cl)CC2)cc1. The molecule has 0 spiro atoms. The first-order valence-corrected chi connectivity index (χ1v) is 10.0. The number of rotatable bonds is 5. The zero-order valence-electron chi connectivity index (χ0n) is 16.0. The molecule has 0 unspecified atom stereocenters. The number of benzene rings is 2. The highest BCUT2D eigenvalue weighted by Crippen LogP contribution is 2.19. The predicted molar refractivity (Wildman–Crippen MR) is 112 cm³/mol. The fourth-order valence-corrected chi connectivity index (χ4v) is 3.61. The van der Waals surface area contributed by atoms with Crippen LogP contribution in [0.4, 0.5) is 4.79 Å². The minimum atomic E-state index is -0.188. The lowest BCUT2D eigenvalue weighted by molar-refractivity contribution is 0.0924. The number of hydrogen-bond acceptors (Lipinski definition) is 2. The van der Waals surface area contributed by atoms with Gasteiger partial charge in [-0.15, -0.1) is 0 Å². The maximum absolute atomic E-state index is 12.3. The van der Waals surface area contributed by atoms with Crippen LogP contribution in [0.25, 0.3) is 0 Å². The first-order chi connectivity index (χ1) is 13.5. The van der Waals surface area contributed by atoms with E-state index in [0.717, 1.165) is 36.8 Å². The summed E-state index contributed by atoms with van der Waals surface area (Å²) >= 11 is 6.10. The Labute approximate surface area is 170 Å². The van der Waals surface area contributed by atoms with Gasteiger partial charge in [-0.1, -0.05) is 47.5 Å². The van der Waals surface area contributed by atoms with E-state index in [1.54, 1.807) is 0 Å². The molecule has 1 saturated carbocycles. The van der Waals surface area contributed by atoms with E-state index < -0.39 is 0 Å². The van der Waals surface area contributed by atoms with Gasteiger partial charge in [-0.2, -0.15) is 0 Å². The largest absolute Gasteiger partial charge is 0.349 e. The van der Waals surface area contributed by atoms with Gasteiger partial charge in [0.05, 0.1) is 0 Å². The topological polar surface area (TPSA) is 70.2 Å². The van der Waals surface area contributed by atoms with Gasteiger partial charge in [0.1, 0.15) is 0 Å². The van der Waals surface area contributed by atoms with Gasteiger partial charge < -0.3 is 16.0 Å². The van der Waals surface area contributed by atoms with Gasteiger partial charge in [-0.25, -0.2) is 4.79 Å². The molecule has 0 atom stereocenters. The average molecular weight is 400 g/mol. The van der Waals surface area contributed by atoms with Crippen molar-refractivity contribution in [3.05, 3.63) is 70.2 Å². The van der Waals surface area contributed by atoms with E-state index in [2.05, 4.69) is 16.0 Å². The highest BCUT2D eigenvalue weighted by atomic mass is 35.5. The van der Waals surface area contributed by atoms with Crippen LogP contribution in [0.3, 0.4) is 0 Å².